The van der Waals surface area contributed by atoms with Gasteiger partial charge in [0.2, 0.25) is 9.84 Å². The summed E-state index contributed by atoms with van der Waals surface area (Å²) in [6.07, 6.45) is 0. The lowest BCUT2D eigenvalue weighted by atomic mass is 10.1. The number of carbonyl (C=O) groups excluding carboxylic acids is 2. The molecule has 0 saturated carbocycles. The van der Waals surface area contributed by atoms with Crippen LogP contribution < -0.4 is 31.6 Å². The molecule has 4 aromatic rings. The molecule has 2 unspecified atom stereocenters. The SMILES string of the molecule is COc1ccc(C(NC(=O)c2ccc(N)cc2)S(=O)(=O)C(NC(=O)c2ccc(N)cc2)c2ccc(OC)cc2)cc1. The van der Waals surface area contributed by atoms with E-state index in [4.69, 9.17) is 20.9 Å². The third-order valence-electron chi connectivity index (χ3n) is 6.36. The van der Waals surface area contributed by atoms with Crippen molar-refractivity contribution in [2.75, 3.05) is 25.7 Å². The number of anilines is 2. The maximum atomic E-state index is 14.5. The predicted molar refractivity (Wildman–Crippen MR) is 157 cm³/mol. The minimum absolute atomic E-state index is 0.208. The number of sulfone groups is 1. The summed E-state index contributed by atoms with van der Waals surface area (Å²) in [5, 5.41) is 2.16. The summed E-state index contributed by atoms with van der Waals surface area (Å²) in [6.45, 7) is 0. The van der Waals surface area contributed by atoms with Crippen LogP contribution >= 0.6 is 0 Å². The first-order chi connectivity index (χ1) is 19.6. The molecule has 0 spiro atoms. The first-order valence-electron chi connectivity index (χ1n) is 12.5. The van der Waals surface area contributed by atoms with Crippen molar-refractivity contribution < 1.29 is 27.5 Å². The van der Waals surface area contributed by atoms with E-state index in [1.807, 2.05) is 0 Å². The van der Waals surface area contributed by atoms with Gasteiger partial charge in [-0.05, 0) is 83.9 Å². The van der Waals surface area contributed by atoms with E-state index in [0.717, 1.165) is 0 Å². The molecule has 0 aromatic heterocycles. The Morgan fingerprint density at radius 2 is 0.902 bits per heavy atom. The Bertz CT molecular complexity index is 1490. The monoisotopic (exact) mass is 574 g/mol. The van der Waals surface area contributed by atoms with Gasteiger partial charge < -0.3 is 31.6 Å². The molecule has 0 bridgehead atoms. The molecule has 0 aliphatic heterocycles. The van der Waals surface area contributed by atoms with Crippen molar-refractivity contribution in [3.05, 3.63) is 119 Å². The maximum Gasteiger partial charge on any atom is 0.252 e. The van der Waals surface area contributed by atoms with Gasteiger partial charge in [0.1, 0.15) is 11.5 Å². The summed E-state index contributed by atoms with van der Waals surface area (Å²) in [6, 6.07) is 24.6. The molecule has 2 atom stereocenters. The lowest BCUT2D eigenvalue weighted by molar-refractivity contribution is 0.0945. The van der Waals surface area contributed by atoms with E-state index < -0.39 is 32.4 Å². The summed E-state index contributed by atoms with van der Waals surface area (Å²) in [7, 11) is -1.46. The number of nitrogens with two attached hydrogens (primary N) is 2. The zero-order valence-electron chi connectivity index (χ0n) is 22.4. The fraction of sp³-hybridized carbons (Fsp3) is 0.133. The van der Waals surface area contributed by atoms with Gasteiger partial charge in [0.05, 0.1) is 14.2 Å². The van der Waals surface area contributed by atoms with E-state index in [-0.39, 0.29) is 22.3 Å². The molecule has 0 fully saturated rings. The molecule has 0 aliphatic rings. The van der Waals surface area contributed by atoms with Crippen molar-refractivity contribution in [1.82, 2.24) is 10.6 Å². The highest BCUT2D eigenvalue weighted by Gasteiger charge is 2.39. The highest BCUT2D eigenvalue weighted by molar-refractivity contribution is 7.91. The molecule has 4 rings (SSSR count). The molecule has 10 nitrogen and oxygen atoms in total. The molecule has 0 saturated heterocycles. The van der Waals surface area contributed by atoms with Crippen molar-refractivity contribution >= 4 is 33.0 Å². The van der Waals surface area contributed by atoms with Gasteiger partial charge in [0, 0.05) is 22.5 Å². The van der Waals surface area contributed by atoms with Crippen LogP contribution in [0.2, 0.25) is 0 Å². The quantitative estimate of drug-likeness (QED) is 0.208. The minimum Gasteiger partial charge on any atom is -0.497 e. The number of amides is 2. The summed E-state index contributed by atoms with van der Waals surface area (Å²) >= 11 is 0. The van der Waals surface area contributed by atoms with Crippen LogP contribution in [0.4, 0.5) is 11.4 Å². The second kappa shape index (κ2) is 12.4. The van der Waals surface area contributed by atoms with Crippen LogP contribution in [0.15, 0.2) is 97.1 Å². The summed E-state index contributed by atoms with van der Waals surface area (Å²) in [5.74, 6) is -0.295. The molecule has 41 heavy (non-hydrogen) atoms. The number of carbonyl (C=O) groups is 2. The second-order valence-electron chi connectivity index (χ2n) is 9.09. The van der Waals surface area contributed by atoms with Gasteiger partial charge in [0.15, 0.2) is 10.7 Å². The van der Waals surface area contributed by atoms with Crippen LogP contribution in [0, 0.1) is 0 Å². The Hall–Kier alpha value is -5.03. The number of ether oxygens (including phenoxy) is 2. The van der Waals surface area contributed by atoms with Crippen molar-refractivity contribution in [2.24, 2.45) is 0 Å². The summed E-state index contributed by atoms with van der Waals surface area (Å²) < 4.78 is 39.3. The van der Waals surface area contributed by atoms with Crippen LogP contribution in [0.3, 0.4) is 0 Å². The van der Waals surface area contributed by atoms with E-state index in [0.29, 0.717) is 22.9 Å². The number of nitrogen functional groups attached to an aromatic ring is 2. The molecule has 0 radical (unpaired) electrons. The number of hydrogen-bond acceptors (Lipinski definition) is 8. The van der Waals surface area contributed by atoms with Gasteiger partial charge in [-0.1, -0.05) is 24.3 Å². The Morgan fingerprint density at radius 1 is 0.585 bits per heavy atom. The molecular weight excluding hydrogens is 544 g/mol. The number of rotatable bonds is 10. The first-order valence-corrected chi connectivity index (χ1v) is 14.1. The number of nitrogens with one attached hydrogen (secondary N) is 2. The van der Waals surface area contributed by atoms with Gasteiger partial charge in [-0.2, -0.15) is 0 Å². The van der Waals surface area contributed by atoms with Gasteiger partial charge >= 0.3 is 0 Å². The molecule has 2 amide bonds. The van der Waals surface area contributed by atoms with Gasteiger partial charge in [-0.3, -0.25) is 9.59 Å². The van der Waals surface area contributed by atoms with Crippen LogP contribution in [-0.4, -0.2) is 34.5 Å². The van der Waals surface area contributed by atoms with Crippen molar-refractivity contribution in [3.63, 3.8) is 0 Å². The van der Waals surface area contributed by atoms with Crippen LogP contribution in [0.25, 0.3) is 0 Å². The molecule has 6 N–H and O–H groups in total. The minimum atomic E-state index is -4.43. The molecule has 212 valence electrons. The molecule has 11 heteroatoms. The standard InChI is InChI=1S/C30H30N4O6S/c1-39-25-15-7-21(8-16-25)29(33-27(35)19-3-11-23(31)12-4-19)41(37,38)30(22-9-17-26(40-2)18-10-22)34-28(36)20-5-13-24(32)14-6-20/h3-18,29-30H,31-32H2,1-2H3,(H,33,35)(H,34,36). The van der Waals surface area contributed by atoms with Crippen molar-refractivity contribution in [2.45, 2.75) is 10.7 Å². The maximum absolute atomic E-state index is 14.5. The smallest absolute Gasteiger partial charge is 0.252 e. The average Bonchev–Trinajstić information content (AvgIpc) is 2.99. The Labute approximate surface area is 238 Å². The molecule has 0 aliphatic carbocycles. The first kappa shape index (κ1) is 29.0. The largest absolute Gasteiger partial charge is 0.497 e. The van der Waals surface area contributed by atoms with E-state index in [1.165, 1.54) is 62.8 Å². The third-order valence-corrected chi connectivity index (χ3v) is 8.46. The summed E-state index contributed by atoms with van der Waals surface area (Å²) in [4.78, 5) is 26.5. The van der Waals surface area contributed by atoms with E-state index in [9.17, 15) is 18.0 Å². The molecular formula is C30H30N4O6S. The Morgan fingerprint density at radius 3 is 1.20 bits per heavy atom. The number of hydrogen-bond donors (Lipinski definition) is 4. The molecule has 4 aromatic carbocycles. The van der Waals surface area contributed by atoms with E-state index in [2.05, 4.69) is 10.6 Å². The van der Waals surface area contributed by atoms with Crippen LogP contribution in [0.5, 0.6) is 11.5 Å². The number of benzene rings is 4. The van der Waals surface area contributed by atoms with Gasteiger partial charge in [0.25, 0.3) is 11.8 Å². The average molecular weight is 575 g/mol. The second-order valence-corrected chi connectivity index (χ2v) is 11.2. The lowest BCUT2D eigenvalue weighted by Crippen LogP contribution is -2.42. The van der Waals surface area contributed by atoms with Crippen molar-refractivity contribution in [3.8, 4) is 11.5 Å². The van der Waals surface area contributed by atoms with Crippen LogP contribution in [0.1, 0.15) is 42.6 Å². The van der Waals surface area contributed by atoms with Gasteiger partial charge in [-0.25, -0.2) is 8.42 Å². The van der Waals surface area contributed by atoms with E-state index in [1.54, 1.807) is 48.5 Å². The highest BCUT2D eigenvalue weighted by Crippen LogP contribution is 2.33. The predicted octanol–water partition coefficient (Wildman–Crippen LogP) is 3.84. The lowest BCUT2D eigenvalue weighted by Gasteiger charge is -2.27. The van der Waals surface area contributed by atoms with Crippen molar-refractivity contribution in [1.29, 1.82) is 0 Å². The molecule has 0 heterocycles. The van der Waals surface area contributed by atoms with Crippen LogP contribution in [-0.2, 0) is 9.84 Å². The third kappa shape index (κ3) is 6.76. The van der Waals surface area contributed by atoms with E-state index >= 15 is 0 Å². The summed E-state index contributed by atoms with van der Waals surface area (Å²) in [5.41, 5.74) is 13.3. The Kier molecular flexibility index (Phi) is 8.78. The fourth-order valence-electron chi connectivity index (χ4n) is 4.08. The fourth-order valence-corrected chi connectivity index (χ4v) is 5.97. The normalized spacial score (nSPS) is 12.5. The Balaban J connectivity index is 1.79. The zero-order chi connectivity index (χ0) is 29.6. The topological polar surface area (TPSA) is 163 Å². The highest BCUT2D eigenvalue weighted by atomic mass is 32.2. The zero-order valence-corrected chi connectivity index (χ0v) is 23.2. The number of methoxy groups -OCH3 is 2. The van der Waals surface area contributed by atoms with Gasteiger partial charge in [-0.15, -0.1) is 0 Å².